The zero-order chi connectivity index (χ0) is 21.1. The van der Waals surface area contributed by atoms with Gasteiger partial charge in [-0.05, 0) is 47.4 Å². The highest BCUT2D eigenvalue weighted by molar-refractivity contribution is 7.89. The number of nitrogens with zero attached hydrogens (tertiary/aromatic N) is 1. The Labute approximate surface area is 171 Å². The summed E-state index contributed by atoms with van der Waals surface area (Å²) in [4.78, 5) is 13.3. The third-order valence-electron chi connectivity index (χ3n) is 4.55. The van der Waals surface area contributed by atoms with Gasteiger partial charge in [-0.15, -0.1) is 0 Å². The molecular weight excluding hydrogens is 388 g/mol. The van der Waals surface area contributed by atoms with Gasteiger partial charge in [-0.3, -0.25) is 4.90 Å². The first kappa shape index (κ1) is 20.9. The number of rotatable bonds is 4. The summed E-state index contributed by atoms with van der Waals surface area (Å²) in [5, 5.41) is 0. The molecule has 3 rings (SSSR count). The number of amides is 1. The first-order valence-corrected chi connectivity index (χ1v) is 10.8. The Kier molecular flexibility index (Phi) is 5.96. The topological polar surface area (TPSA) is 75.7 Å². The molecule has 0 radical (unpaired) electrons. The van der Waals surface area contributed by atoms with Gasteiger partial charge in [-0.2, -0.15) is 4.72 Å². The van der Waals surface area contributed by atoms with E-state index in [1.807, 2.05) is 12.1 Å². The van der Waals surface area contributed by atoms with E-state index in [4.69, 9.17) is 4.74 Å². The van der Waals surface area contributed by atoms with Gasteiger partial charge in [-0.25, -0.2) is 13.2 Å². The van der Waals surface area contributed by atoms with Gasteiger partial charge in [-0.1, -0.05) is 44.7 Å². The predicted octanol–water partition coefficient (Wildman–Crippen LogP) is 3.27. The second kappa shape index (κ2) is 8.27. The molecule has 2 aromatic carbocycles. The van der Waals surface area contributed by atoms with Gasteiger partial charge < -0.3 is 4.74 Å². The summed E-state index contributed by atoms with van der Waals surface area (Å²) < 4.78 is 32.2. The van der Waals surface area contributed by atoms with Gasteiger partial charge >= 0.3 is 6.09 Å². The number of carbonyl (C=O) groups is 1. The Hall–Kier alpha value is -2.82. The number of sulfonamides is 1. The van der Waals surface area contributed by atoms with E-state index in [0.717, 1.165) is 16.8 Å². The lowest BCUT2D eigenvalue weighted by Gasteiger charge is -2.19. The molecule has 1 aliphatic heterocycles. The van der Waals surface area contributed by atoms with Crippen LogP contribution in [0, 0.1) is 11.8 Å². The van der Waals surface area contributed by atoms with Gasteiger partial charge in [0.1, 0.15) is 6.61 Å². The van der Waals surface area contributed by atoms with Gasteiger partial charge in [0.25, 0.3) is 0 Å². The number of hydrogen-bond donors (Lipinski definition) is 1. The maximum Gasteiger partial charge on any atom is 0.414 e. The van der Waals surface area contributed by atoms with Crippen LogP contribution >= 0.6 is 0 Å². The predicted molar refractivity (Wildman–Crippen MR) is 112 cm³/mol. The van der Waals surface area contributed by atoms with Crippen LogP contribution in [-0.2, 0) is 20.2 Å². The van der Waals surface area contributed by atoms with Crippen molar-refractivity contribution in [3.63, 3.8) is 0 Å². The van der Waals surface area contributed by atoms with E-state index in [1.54, 1.807) is 41.3 Å². The van der Waals surface area contributed by atoms with E-state index in [-0.39, 0.29) is 22.9 Å². The first-order valence-electron chi connectivity index (χ1n) is 9.30. The van der Waals surface area contributed by atoms with Crippen molar-refractivity contribution in [1.29, 1.82) is 0 Å². The van der Waals surface area contributed by atoms with Crippen LogP contribution in [0.4, 0.5) is 10.5 Å². The molecule has 0 saturated carbocycles. The van der Waals surface area contributed by atoms with Crippen LogP contribution in [0.25, 0.3) is 0 Å². The molecule has 152 valence electrons. The Bertz CT molecular complexity index is 1040. The quantitative estimate of drug-likeness (QED) is 0.782. The number of anilines is 1. The van der Waals surface area contributed by atoms with Crippen LogP contribution in [0.3, 0.4) is 0 Å². The third-order valence-corrected chi connectivity index (χ3v) is 5.97. The molecule has 0 atom stereocenters. The Balaban J connectivity index is 1.59. The van der Waals surface area contributed by atoms with Crippen LogP contribution in [0.1, 0.15) is 31.9 Å². The van der Waals surface area contributed by atoms with Crippen molar-refractivity contribution in [2.75, 3.05) is 24.6 Å². The molecule has 1 fully saturated rings. The van der Waals surface area contributed by atoms with E-state index < -0.39 is 10.0 Å². The average molecular weight is 413 g/mol. The minimum absolute atomic E-state index is 0.00353. The lowest BCUT2D eigenvalue weighted by atomic mass is 9.87. The fourth-order valence-electron chi connectivity index (χ4n) is 2.85. The van der Waals surface area contributed by atoms with Crippen molar-refractivity contribution in [2.45, 2.75) is 31.1 Å². The number of ether oxygens (including phenoxy) is 1. The van der Waals surface area contributed by atoms with E-state index in [0.29, 0.717) is 13.2 Å². The number of benzene rings is 2. The first-order chi connectivity index (χ1) is 13.7. The second-order valence-corrected chi connectivity index (χ2v) is 9.48. The molecule has 0 aromatic heterocycles. The lowest BCUT2D eigenvalue weighted by Crippen LogP contribution is -2.24. The molecule has 7 heteroatoms. The van der Waals surface area contributed by atoms with E-state index in [9.17, 15) is 13.2 Å². The molecule has 6 nitrogen and oxygen atoms in total. The minimum atomic E-state index is -3.61. The van der Waals surface area contributed by atoms with E-state index in [2.05, 4.69) is 37.3 Å². The van der Waals surface area contributed by atoms with Gasteiger partial charge in [0.05, 0.1) is 18.0 Å². The molecule has 0 unspecified atom stereocenters. The largest absolute Gasteiger partial charge is 0.447 e. The monoisotopic (exact) mass is 412 g/mol. The van der Waals surface area contributed by atoms with Crippen molar-refractivity contribution in [2.24, 2.45) is 0 Å². The van der Waals surface area contributed by atoms with Gasteiger partial charge in [0.2, 0.25) is 10.0 Å². The molecule has 1 heterocycles. The number of nitrogens with one attached hydrogen (secondary N) is 1. The van der Waals surface area contributed by atoms with Crippen molar-refractivity contribution in [3.05, 3.63) is 59.7 Å². The number of hydrogen-bond acceptors (Lipinski definition) is 4. The fourth-order valence-corrected chi connectivity index (χ4v) is 3.77. The summed E-state index contributed by atoms with van der Waals surface area (Å²) in [6, 6.07) is 14.0. The molecule has 1 saturated heterocycles. The fraction of sp³-hybridized carbons (Fsp3) is 0.318. The average Bonchev–Trinajstić information content (AvgIpc) is 3.11. The molecule has 29 heavy (non-hydrogen) atoms. The highest BCUT2D eigenvalue weighted by Gasteiger charge is 2.23. The summed E-state index contributed by atoms with van der Waals surface area (Å²) in [6.07, 6.45) is -0.353. The standard InChI is InChI=1S/C22H24N2O4S/c1-22(2,3)18-8-12-20(13-9-18)29(26,27)23-14-4-5-17-6-10-19(11-7-17)24-15-16-28-21(24)25/h6-13,23H,14-16H2,1-3H3. The maximum atomic E-state index is 12.4. The number of cyclic esters (lactones) is 1. The summed E-state index contributed by atoms with van der Waals surface area (Å²) in [6.45, 7) is 7.15. The smallest absolute Gasteiger partial charge is 0.414 e. The third kappa shape index (κ3) is 5.17. The SMILES string of the molecule is CC(C)(C)c1ccc(S(=O)(=O)NCC#Cc2ccc(N3CCOC3=O)cc2)cc1. The van der Waals surface area contributed by atoms with Crippen molar-refractivity contribution >= 4 is 21.8 Å². The summed E-state index contributed by atoms with van der Waals surface area (Å²) in [7, 11) is -3.61. The molecule has 2 aromatic rings. The maximum absolute atomic E-state index is 12.4. The second-order valence-electron chi connectivity index (χ2n) is 7.71. The number of carbonyl (C=O) groups excluding carboxylic acids is 1. The van der Waals surface area contributed by atoms with Crippen molar-refractivity contribution in [1.82, 2.24) is 4.72 Å². The van der Waals surface area contributed by atoms with Crippen LogP contribution < -0.4 is 9.62 Å². The van der Waals surface area contributed by atoms with Crippen molar-refractivity contribution < 1.29 is 17.9 Å². The molecule has 1 amide bonds. The van der Waals surface area contributed by atoms with Crippen LogP contribution in [0.2, 0.25) is 0 Å². The van der Waals surface area contributed by atoms with Crippen LogP contribution in [0.5, 0.6) is 0 Å². The zero-order valence-corrected chi connectivity index (χ0v) is 17.5. The summed E-state index contributed by atoms with van der Waals surface area (Å²) in [5.74, 6) is 5.73. The molecule has 0 bridgehead atoms. The normalized spacial score (nSPS) is 14.3. The highest BCUT2D eigenvalue weighted by atomic mass is 32.2. The molecule has 0 spiro atoms. The Morgan fingerprint density at radius 2 is 1.72 bits per heavy atom. The zero-order valence-electron chi connectivity index (χ0n) is 16.7. The Morgan fingerprint density at radius 1 is 1.07 bits per heavy atom. The van der Waals surface area contributed by atoms with Gasteiger partial charge in [0, 0.05) is 11.3 Å². The van der Waals surface area contributed by atoms with E-state index in [1.165, 1.54) is 0 Å². The molecule has 0 aliphatic carbocycles. The van der Waals surface area contributed by atoms with Crippen molar-refractivity contribution in [3.8, 4) is 11.8 Å². The summed E-state index contributed by atoms with van der Waals surface area (Å²) in [5.41, 5.74) is 2.51. The van der Waals surface area contributed by atoms with E-state index >= 15 is 0 Å². The minimum Gasteiger partial charge on any atom is -0.447 e. The highest BCUT2D eigenvalue weighted by Crippen LogP contribution is 2.23. The lowest BCUT2D eigenvalue weighted by molar-refractivity contribution is 0.181. The Morgan fingerprint density at radius 3 is 2.28 bits per heavy atom. The van der Waals surface area contributed by atoms with Gasteiger partial charge in [0.15, 0.2) is 0 Å². The molecule has 1 N–H and O–H groups in total. The van der Waals surface area contributed by atoms with Crippen LogP contribution in [0.15, 0.2) is 53.4 Å². The molecular formula is C22H24N2O4S. The molecule has 1 aliphatic rings. The van der Waals surface area contributed by atoms with Crippen LogP contribution in [-0.4, -0.2) is 34.2 Å². The summed E-state index contributed by atoms with van der Waals surface area (Å²) >= 11 is 0.